The van der Waals surface area contributed by atoms with Crippen molar-refractivity contribution < 1.29 is 0 Å². The maximum absolute atomic E-state index is 4.65. The largest absolute Gasteiger partial charge is 0.265 e. The van der Waals surface area contributed by atoms with Gasteiger partial charge in [-0.15, -0.1) is 0 Å². The van der Waals surface area contributed by atoms with Crippen LogP contribution < -0.4 is 0 Å². The predicted molar refractivity (Wildman–Crippen MR) is 93.9 cm³/mol. The van der Waals surface area contributed by atoms with Crippen molar-refractivity contribution in [2.45, 2.75) is 0 Å². The third kappa shape index (κ3) is 2.65. The Morgan fingerprint density at radius 2 is 0.958 bits per heavy atom. The molecule has 0 saturated heterocycles. The van der Waals surface area contributed by atoms with Crippen LogP contribution in [-0.2, 0) is 0 Å². The van der Waals surface area contributed by atoms with E-state index in [0.717, 1.165) is 33.5 Å². The summed E-state index contributed by atoms with van der Waals surface area (Å²) in [4.78, 5) is 17.0. The Kier molecular flexibility index (Phi) is 3.78. The van der Waals surface area contributed by atoms with E-state index in [4.69, 9.17) is 0 Å². The summed E-state index contributed by atoms with van der Waals surface area (Å²) in [6.45, 7) is 0. The van der Waals surface area contributed by atoms with E-state index < -0.39 is 0 Å². The zero-order chi connectivity index (χ0) is 16.2. The lowest BCUT2D eigenvalue weighted by Gasteiger charge is -2.14. The molecule has 0 fully saturated rings. The van der Waals surface area contributed by atoms with Gasteiger partial charge in [0.15, 0.2) is 0 Å². The highest BCUT2D eigenvalue weighted by molar-refractivity contribution is 5.92. The average molecular weight is 310 g/mol. The van der Waals surface area contributed by atoms with Crippen LogP contribution in [0, 0.1) is 0 Å². The molecule has 4 heterocycles. The normalized spacial score (nSPS) is 10.5. The lowest BCUT2D eigenvalue weighted by molar-refractivity contribution is 1.28. The minimum Gasteiger partial charge on any atom is -0.265 e. The van der Waals surface area contributed by atoms with Crippen LogP contribution in [0.2, 0.25) is 0 Å². The van der Waals surface area contributed by atoms with Gasteiger partial charge in [-0.05, 0) is 59.2 Å². The van der Waals surface area contributed by atoms with E-state index in [1.54, 1.807) is 37.2 Å². The number of hydrogen-bond donors (Lipinski definition) is 0. The second-order valence-corrected chi connectivity index (χ2v) is 5.29. The topological polar surface area (TPSA) is 51.6 Å². The van der Waals surface area contributed by atoms with Crippen molar-refractivity contribution in [3.63, 3.8) is 0 Å². The summed E-state index contributed by atoms with van der Waals surface area (Å²) in [6.07, 6.45) is 12.6. The molecule has 0 unspecified atom stereocenters. The molecule has 4 heteroatoms. The molecule has 0 aliphatic heterocycles. The molecule has 0 aromatic carbocycles. The standard InChI is InChI=1S/C20H14N4/c1-8-21-9-2-15(1)18-7-14-24-20(17-5-12-23-13-6-17)19(18)16-3-10-22-11-4-16/h1-14H. The molecule has 4 nitrogen and oxygen atoms in total. The molecule has 0 N–H and O–H groups in total. The van der Waals surface area contributed by atoms with Gasteiger partial charge in [-0.25, -0.2) is 0 Å². The second-order valence-electron chi connectivity index (χ2n) is 5.29. The van der Waals surface area contributed by atoms with E-state index in [9.17, 15) is 0 Å². The van der Waals surface area contributed by atoms with Gasteiger partial charge in [-0.1, -0.05) is 0 Å². The summed E-state index contributed by atoms with van der Waals surface area (Å²) in [5.41, 5.74) is 6.35. The second kappa shape index (κ2) is 6.38. The van der Waals surface area contributed by atoms with Gasteiger partial charge >= 0.3 is 0 Å². The Hall–Kier alpha value is -3.40. The molecule has 0 aliphatic carbocycles. The first-order chi connectivity index (χ1) is 11.9. The van der Waals surface area contributed by atoms with E-state index in [2.05, 4.69) is 19.9 Å². The van der Waals surface area contributed by atoms with Crippen molar-refractivity contribution in [3.8, 4) is 33.5 Å². The highest BCUT2D eigenvalue weighted by atomic mass is 14.7. The Morgan fingerprint density at radius 1 is 0.458 bits per heavy atom. The molecule has 0 amide bonds. The predicted octanol–water partition coefficient (Wildman–Crippen LogP) is 4.27. The summed E-state index contributed by atoms with van der Waals surface area (Å²) >= 11 is 0. The van der Waals surface area contributed by atoms with E-state index in [1.165, 1.54) is 0 Å². The summed E-state index contributed by atoms with van der Waals surface area (Å²) in [7, 11) is 0. The molecular formula is C20H14N4. The molecule has 4 rings (SSSR count). The van der Waals surface area contributed by atoms with Gasteiger partial charge in [-0.2, -0.15) is 0 Å². The third-order valence-electron chi connectivity index (χ3n) is 3.87. The summed E-state index contributed by atoms with van der Waals surface area (Å²) < 4.78 is 0. The maximum Gasteiger partial charge on any atom is 0.0787 e. The minimum atomic E-state index is 0.929. The zero-order valence-electron chi connectivity index (χ0n) is 12.9. The number of nitrogens with zero attached hydrogens (tertiary/aromatic N) is 4. The van der Waals surface area contributed by atoms with Crippen molar-refractivity contribution in [2.24, 2.45) is 0 Å². The Balaban J connectivity index is 2.02. The van der Waals surface area contributed by atoms with Crippen molar-refractivity contribution in [1.82, 2.24) is 19.9 Å². The van der Waals surface area contributed by atoms with Crippen molar-refractivity contribution in [2.75, 3.05) is 0 Å². The van der Waals surface area contributed by atoms with Gasteiger partial charge in [0.2, 0.25) is 0 Å². The van der Waals surface area contributed by atoms with Gasteiger partial charge < -0.3 is 0 Å². The van der Waals surface area contributed by atoms with Crippen LogP contribution in [0.25, 0.3) is 33.5 Å². The summed E-state index contributed by atoms with van der Waals surface area (Å²) in [5, 5.41) is 0. The lowest BCUT2D eigenvalue weighted by Crippen LogP contribution is -1.94. The molecule has 0 atom stereocenters. The first kappa shape index (κ1) is 14.2. The first-order valence-corrected chi connectivity index (χ1v) is 7.64. The summed E-state index contributed by atoms with van der Waals surface area (Å²) in [6, 6.07) is 14.0. The molecular weight excluding hydrogens is 296 g/mol. The van der Waals surface area contributed by atoms with Gasteiger partial charge in [0, 0.05) is 54.5 Å². The van der Waals surface area contributed by atoms with Gasteiger partial charge in [0.05, 0.1) is 5.69 Å². The van der Waals surface area contributed by atoms with Crippen molar-refractivity contribution >= 4 is 0 Å². The van der Waals surface area contributed by atoms with Crippen LogP contribution in [0.15, 0.2) is 85.8 Å². The smallest absolute Gasteiger partial charge is 0.0787 e. The summed E-state index contributed by atoms with van der Waals surface area (Å²) in [5.74, 6) is 0. The average Bonchev–Trinajstić information content (AvgIpc) is 2.69. The highest BCUT2D eigenvalue weighted by Crippen LogP contribution is 2.37. The number of pyridine rings is 4. The van der Waals surface area contributed by atoms with Crippen molar-refractivity contribution in [3.05, 3.63) is 85.8 Å². The lowest BCUT2D eigenvalue weighted by atomic mass is 9.92. The SMILES string of the molecule is c1cc(-c2ccnc(-c3ccncc3)c2-c2ccncc2)ccn1. The molecule has 114 valence electrons. The van der Waals surface area contributed by atoms with Crippen molar-refractivity contribution in [1.29, 1.82) is 0 Å². The molecule has 4 aromatic heterocycles. The number of rotatable bonds is 3. The number of aromatic nitrogens is 4. The Labute approximate surface area is 139 Å². The molecule has 4 aromatic rings. The Morgan fingerprint density at radius 3 is 1.54 bits per heavy atom. The molecule has 0 bridgehead atoms. The van der Waals surface area contributed by atoms with Crippen LogP contribution >= 0.6 is 0 Å². The monoisotopic (exact) mass is 310 g/mol. The van der Waals surface area contributed by atoms with Gasteiger partial charge in [0.25, 0.3) is 0 Å². The fourth-order valence-corrected chi connectivity index (χ4v) is 2.77. The van der Waals surface area contributed by atoms with E-state index in [0.29, 0.717) is 0 Å². The van der Waals surface area contributed by atoms with Crippen LogP contribution in [0.5, 0.6) is 0 Å². The quantitative estimate of drug-likeness (QED) is 0.567. The Bertz CT molecular complexity index is 881. The third-order valence-corrected chi connectivity index (χ3v) is 3.87. The van der Waals surface area contributed by atoms with E-state index in [1.807, 2.05) is 48.7 Å². The van der Waals surface area contributed by atoms with Crippen LogP contribution in [0.4, 0.5) is 0 Å². The van der Waals surface area contributed by atoms with Gasteiger partial charge in [0.1, 0.15) is 0 Å². The highest BCUT2D eigenvalue weighted by Gasteiger charge is 2.15. The maximum atomic E-state index is 4.65. The van der Waals surface area contributed by atoms with Crippen LogP contribution in [0.1, 0.15) is 0 Å². The molecule has 0 saturated carbocycles. The van der Waals surface area contributed by atoms with E-state index in [-0.39, 0.29) is 0 Å². The molecule has 0 aliphatic rings. The number of hydrogen-bond acceptors (Lipinski definition) is 4. The fourth-order valence-electron chi connectivity index (χ4n) is 2.77. The minimum absolute atomic E-state index is 0.929. The van der Waals surface area contributed by atoms with Gasteiger partial charge in [-0.3, -0.25) is 19.9 Å². The zero-order valence-corrected chi connectivity index (χ0v) is 12.9. The molecule has 24 heavy (non-hydrogen) atoms. The van der Waals surface area contributed by atoms with E-state index >= 15 is 0 Å². The van der Waals surface area contributed by atoms with Crippen LogP contribution in [0.3, 0.4) is 0 Å². The fraction of sp³-hybridized carbons (Fsp3) is 0. The molecule has 0 radical (unpaired) electrons. The first-order valence-electron chi connectivity index (χ1n) is 7.64. The van der Waals surface area contributed by atoms with Crippen LogP contribution in [-0.4, -0.2) is 19.9 Å². The molecule has 0 spiro atoms.